The van der Waals surface area contributed by atoms with Crippen molar-refractivity contribution in [1.82, 2.24) is 15.1 Å². The van der Waals surface area contributed by atoms with Gasteiger partial charge in [-0.05, 0) is 80.8 Å². The third-order valence-electron chi connectivity index (χ3n) is 8.02. The van der Waals surface area contributed by atoms with E-state index < -0.39 is 9.84 Å². The first-order valence-electron chi connectivity index (χ1n) is 12.9. The average Bonchev–Trinajstić information content (AvgIpc) is 3.50. The highest BCUT2D eigenvalue weighted by Crippen LogP contribution is 2.42. The van der Waals surface area contributed by atoms with Crippen LogP contribution in [0.5, 0.6) is 0 Å². The van der Waals surface area contributed by atoms with Crippen molar-refractivity contribution >= 4 is 45.4 Å². The second-order valence-electron chi connectivity index (χ2n) is 10.7. The van der Waals surface area contributed by atoms with Gasteiger partial charge in [0.1, 0.15) is 0 Å². The van der Waals surface area contributed by atoms with Gasteiger partial charge in [-0.1, -0.05) is 18.2 Å². The minimum Gasteiger partial charge on any atom is -0.348 e. The Morgan fingerprint density at radius 3 is 2.38 bits per heavy atom. The Balaban J connectivity index is 0.00000320. The van der Waals surface area contributed by atoms with E-state index in [1.54, 1.807) is 23.5 Å². The molecule has 7 nitrogen and oxygen atoms in total. The van der Waals surface area contributed by atoms with Crippen LogP contribution in [0.2, 0.25) is 0 Å². The Hall–Kier alpha value is -1.94. The van der Waals surface area contributed by atoms with Crippen molar-refractivity contribution in [3.8, 4) is 0 Å². The minimum atomic E-state index is -3.22. The van der Waals surface area contributed by atoms with E-state index in [1.165, 1.54) is 11.1 Å². The van der Waals surface area contributed by atoms with Gasteiger partial charge in [0.15, 0.2) is 9.84 Å². The van der Waals surface area contributed by atoms with E-state index in [1.807, 2.05) is 23.1 Å². The molecule has 2 aliphatic heterocycles. The molecular formula is C27H36ClN3O4S2. The number of carbonyl (C=O) groups is 2. The zero-order chi connectivity index (χ0) is 25.3. The Morgan fingerprint density at radius 1 is 1.11 bits per heavy atom. The van der Waals surface area contributed by atoms with Gasteiger partial charge >= 0.3 is 0 Å². The fraction of sp³-hybridized carbons (Fsp3) is 0.556. The molecule has 3 fully saturated rings. The number of piperidine rings is 1. The maximum atomic E-state index is 13.4. The second-order valence-corrected chi connectivity index (χ2v) is 13.6. The fourth-order valence-electron chi connectivity index (χ4n) is 5.50. The molecule has 10 heteroatoms. The van der Waals surface area contributed by atoms with Crippen LogP contribution in [-0.4, -0.2) is 62.5 Å². The number of carbonyl (C=O) groups excluding carboxylic acids is 2. The van der Waals surface area contributed by atoms with Crippen LogP contribution in [0, 0.1) is 11.3 Å². The summed E-state index contributed by atoms with van der Waals surface area (Å²) < 4.78 is 23.4. The molecule has 1 aromatic carbocycles. The lowest BCUT2D eigenvalue weighted by Crippen LogP contribution is -2.45. The van der Waals surface area contributed by atoms with E-state index in [2.05, 4.69) is 21.7 Å². The molecule has 3 aliphatic rings. The third-order valence-corrected chi connectivity index (χ3v) is 10.1. The summed E-state index contributed by atoms with van der Waals surface area (Å²) in [7, 11) is -3.22. The Morgan fingerprint density at radius 2 is 1.78 bits per heavy atom. The zero-order valence-corrected chi connectivity index (χ0v) is 23.7. The molecular weight excluding hydrogens is 530 g/mol. The number of rotatable bonds is 9. The van der Waals surface area contributed by atoms with Gasteiger partial charge < -0.3 is 15.1 Å². The summed E-state index contributed by atoms with van der Waals surface area (Å²) >= 11 is 1.70. The quantitative estimate of drug-likeness (QED) is 0.496. The molecule has 0 radical (unpaired) electrons. The SMILES string of the molecule is CS(=O)(=O)c1ccc(CN2CCC3(CCN(CCC(NC(=O)C4CC4)c4cccs4)CC3)C2=O)cc1.Cl. The van der Waals surface area contributed by atoms with Gasteiger partial charge in [0, 0.05) is 36.7 Å². The molecule has 2 saturated heterocycles. The van der Waals surface area contributed by atoms with Crippen LogP contribution in [0.4, 0.5) is 0 Å². The molecule has 1 atom stereocenters. The number of likely N-dealkylation sites (tertiary alicyclic amines) is 2. The van der Waals surface area contributed by atoms with Crippen molar-refractivity contribution in [2.75, 3.05) is 32.4 Å². The van der Waals surface area contributed by atoms with E-state index in [9.17, 15) is 18.0 Å². The number of nitrogens with one attached hydrogen (secondary N) is 1. The monoisotopic (exact) mass is 565 g/mol. The highest BCUT2D eigenvalue weighted by molar-refractivity contribution is 7.90. The summed E-state index contributed by atoms with van der Waals surface area (Å²) in [6.07, 6.45) is 6.73. The van der Waals surface area contributed by atoms with Gasteiger partial charge in [-0.15, -0.1) is 23.7 Å². The number of nitrogens with zero attached hydrogens (tertiary/aromatic N) is 2. The largest absolute Gasteiger partial charge is 0.348 e. The maximum Gasteiger partial charge on any atom is 0.229 e. The van der Waals surface area contributed by atoms with Crippen LogP contribution < -0.4 is 5.32 Å². The van der Waals surface area contributed by atoms with E-state index in [4.69, 9.17) is 0 Å². The predicted molar refractivity (Wildman–Crippen MR) is 147 cm³/mol. The van der Waals surface area contributed by atoms with E-state index in [0.717, 1.165) is 70.3 Å². The lowest BCUT2D eigenvalue weighted by Gasteiger charge is -2.38. The van der Waals surface area contributed by atoms with E-state index >= 15 is 0 Å². The van der Waals surface area contributed by atoms with Crippen molar-refractivity contribution in [3.05, 3.63) is 52.2 Å². The highest BCUT2D eigenvalue weighted by Gasteiger charge is 2.47. The Bertz CT molecular complexity index is 1190. The van der Waals surface area contributed by atoms with Gasteiger partial charge in [0.05, 0.1) is 16.4 Å². The van der Waals surface area contributed by atoms with Gasteiger partial charge in [-0.2, -0.15) is 0 Å². The van der Waals surface area contributed by atoms with Crippen LogP contribution >= 0.6 is 23.7 Å². The van der Waals surface area contributed by atoms with Crippen molar-refractivity contribution < 1.29 is 18.0 Å². The van der Waals surface area contributed by atoms with Gasteiger partial charge in [-0.3, -0.25) is 9.59 Å². The molecule has 0 bridgehead atoms. The van der Waals surface area contributed by atoms with Crippen LogP contribution in [-0.2, 0) is 26.0 Å². The van der Waals surface area contributed by atoms with Crippen LogP contribution in [0.25, 0.3) is 0 Å². The number of sulfone groups is 1. The molecule has 1 unspecified atom stereocenters. The number of thiophene rings is 1. The number of benzene rings is 1. The molecule has 202 valence electrons. The molecule has 2 aromatic rings. The molecule has 3 heterocycles. The van der Waals surface area contributed by atoms with E-state index in [0.29, 0.717) is 11.4 Å². The van der Waals surface area contributed by atoms with Crippen LogP contribution in [0.3, 0.4) is 0 Å². The maximum absolute atomic E-state index is 13.4. The molecule has 1 saturated carbocycles. The fourth-order valence-corrected chi connectivity index (χ4v) is 6.94. The molecule has 1 N–H and O–H groups in total. The summed E-state index contributed by atoms with van der Waals surface area (Å²) in [5, 5.41) is 5.33. The average molecular weight is 566 g/mol. The van der Waals surface area contributed by atoms with Crippen molar-refractivity contribution in [2.24, 2.45) is 11.3 Å². The number of amides is 2. The smallest absolute Gasteiger partial charge is 0.229 e. The lowest BCUT2D eigenvalue weighted by atomic mass is 9.77. The van der Waals surface area contributed by atoms with Gasteiger partial charge in [0.2, 0.25) is 11.8 Å². The van der Waals surface area contributed by atoms with Crippen molar-refractivity contribution in [2.45, 2.75) is 56.0 Å². The number of halogens is 1. The van der Waals surface area contributed by atoms with Crippen LogP contribution in [0.15, 0.2) is 46.7 Å². The standard InChI is InChI=1S/C27H35N3O4S2.ClH/c1-36(33,34)22-8-4-20(5-9-22)19-30-17-13-27(26(30)32)11-15-29(16-12-27)14-10-23(24-3-2-18-35-24)28-25(31)21-6-7-21;/h2-5,8-9,18,21,23H,6-7,10-17,19H2,1H3,(H,28,31);1H. The first kappa shape index (κ1) is 28.1. The van der Waals surface area contributed by atoms with Crippen molar-refractivity contribution in [3.63, 3.8) is 0 Å². The zero-order valence-electron chi connectivity index (χ0n) is 21.2. The topological polar surface area (TPSA) is 86.8 Å². The summed E-state index contributed by atoms with van der Waals surface area (Å²) in [6.45, 7) is 3.98. The summed E-state index contributed by atoms with van der Waals surface area (Å²) in [5.41, 5.74) is 0.689. The molecule has 1 spiro atoms. The molecule has 1 aromatic heterocycles. The summed E-state index contributed by atoms with van der Waals surface area (Å²) in [4.78, 5) is 31.7. The minimum absolute atomic E-state index is 0. The Labute approximate surface area is 229 Å². The molecule has 2 amide bonds. The third kappa shape index (κ3) is 6.56. The number of hydrogen-bond donors (Lipinski definition) is 1. The first-order valence-corrected chi connectivity index (χ1v) is 15.7. The normalized spacial score (nSPS) is 20.6. The molecule has 1 aliphatic carbocycles. The van der Waals surface area contributed by atoms with Gasteiger partial charge in [-0.25, -0.2) is 8.42 Å². The van der Waals surface area contributed by atoms with Gasteiger partial charge in [0.25, 0.3) is 0 Å². The summed E-state index contributed by atoms with van der Waals surface area (Å²) in [6, 6.07) is 11.1. The number of hydrogen-bond acceptors (Lipinski definition) is 6. The second kappa shape index (κ2) is 11.4. The first-order chi connectivity index (χ1) is 17.2. The highest BCUT2D eigenvalue weighted by atomic mass is 35.5. The summed E-state index contributed by atoms with van der Waals surface area (Å²) in [5.74, 6) is 0.632. The predicted octanol–water partition coefficient (Wildman–Crippen LogP) is 4.05. The molecule has 37 heavy (non-hydrogen) atoms. The van der Waals surface area contributed by atoms with Crippen molar-refractivity contribution in [1.29, 1.82) is 0 Å². The van der Waals surface area contributed by atoms with Crippen LogP contribution in [0.1, 0.15) is 55.0 Å². The Kier molecular flexibility index (Phi) is 8.68. The van der Waals surface area contributed by atoms with E-state index in [-0.39, 0.29) is 41.6 Å². The molecule has 5 rings (SSSR count). The lowest BCUT2D eigenvalue weighted by molar-refractivity contribution is -0.139.